The molecule has 0 aromatic heterocycles. The van der Waals surface area contributed by atoms with Gasteiger partial charge in [-0.25, -0.2) is 13.2 Å². The molecule has 2 unspecified atom stereocenters. The number of Topliss-reactive ketones (excluding diaryl/α,β-unsaturated/α-hetero) is 1. The van der Waals surface area contributed by atoms with Crippen molar-refractivity contribution >= 4 is 33.4 Å². The highest BCUT2D eigenvalue weighted by Crippen LogP contribution is 2.28. The van der Waals surface area contributed by atoms with E-state index in [4.69, 9.17) is 25.8 Å². The van der Waals surface area contributed by atoms with Gasteiger partial charge in [-0.3, -0.25) is 4.79 Å². The molecule has 2 aromatic carbocycles. The number of benzene rings is 2. The molecule has 0 spiro atoms. The average molecular weight is 482 g/mol. The van der Waals surface area contributed by atoms with Crippen LogP contribution in [0.2, 0.25) is 5.02 Å². The SMILES string of the molecule is COc1cccc(C(=O)COC(=O)c2ccc(Cl)c(S(=O)(=O)N3CC(C)OC(C)C3)c2)c1. The Hall–Kier alpha value is -2.46. The predicted octanol–water partition coefficient (Wildman–Crippen LogP) is 3.19. The number of halogens is 1. The quantitative estimate of drug-likeness (QED) is 0.442. The number of morpholine rings is 1. The first-order valence-corrected chi connectivity index (χ1v) is 11.7. The van der Waals surface area contributed by atoms with E-state index < -0.39 is 28.4 Å². The number of esters is 1. The van der Waals surface area contributed by atoms with Crippen LogP contribution in [0.4, 0.5) is 0 Å². The molecule has 0 aliphatic carbocycles. The van der Waals surface area contributed by atoms with Gasteiger partial charge in [0.05, 0.1) is 29.9 Å². The third-order valence-electron chi connectivity index (χ3n) is 4.90. The lowest BCUT2D eigenvalue weighted by Gasteiger charge is -2.34. The van der Waals surface area contributed by atoms with Gasteiger partial charge in [-0.2, -0.15) is 4.31 Å². The highest BCUT2D eigenvalue weighted by Gasteiger charge is 2.34. The number of rotatable bonds is 7. The van der Waals surface area contributed by atoms with Gasteiger partial charge in [-0.05, 0) is 44.2 Å². The van der Waals surface area contributed by atoms with Crippen molar-refractivity contribution in [3.63, 3.8) is 0 Å². The molecule has 3 rings (SSSR count). The monoisotopic (exact) mass is 481 g/mol. The van der Waals surface area contributed by atoms with Gasteiger partial charge in [0.15, 0.2) is 12.4 Å². The molecular weight excluding hydrogens is 458 g/mol. The Morgan fingerprint density at radius 2 is 1.78 bits per heavy atom. The fraction of sp³-hybridized carbons (Fsp3) is 0.364. The van der Waals surface area contributed by atoms with Crippen LogP contribution in [0.5, 0.6) is 5.75 Å². The minimum absolute atomic E-state index is 0.0131. The molecular formula is C22H24ClNO7S. The first-order chi connectivity index (χ1) is 15.1. The Morgan fingerprint density at radius 1 is 1.09 bits per heavy atom. The van der Waals surface area contributed by atoms with Crippen molar-refractivity contribution in [3.8, 4) is 5.75 Å². The molecule has 172 valence electrons. The second-order valence-corrected chi connectivity index (χ2v) is 9.77. The zero-order valence-electron chi connectivity index (χ0n) is 17.9. The van der Waals surface area contributed by atoms with Crippen LogP contribution in [0.1, 0.15) is 34.6 Å². The van der Waals surface area contributed by atoms with E-state index in [-0.39, 0.29) is 40.8 Å². The highest BCUT2D eigenvalue weighted by atomic mass is 35.5. The Balaban J connectivity index is 1.76. The van der Waals surface area contributed by atoms with Gasteiger partial charge in [-0.15, -0.1) is 0 Å². The first-order valence-electron chi connectivity index (χ1n) is 9.91. The van der Waals surface area contributed by atoms with Gasteiger partial charge in [0.1, 0.15) is 10.6 Å². The molecule has 0 N–H and O–H groups in total. The van der Waals surface area contributed by atoms with Crippen molar-refractivity contribution in [1.82, 2.24) is 4.31 Å². The summed E-state index contributed by atoms with van der Waals surface area (Å²) in [6.45, 7) is 3.41. The highest BCUT2D eigenvalue weighted by molar-refractivity contribution is 7.89. The van der Waals surface area contributed by atoms with Crippen LogP contribution >= 0.6 is 11.6 Å². The molecule has 0 bridgehead atoms. The summed E-state index contributed by atoms with van der Waals surface area (Å²) in [6.07, 6.45) is -0.550. The minimum Gasteiger partial charge on any atom is -0.497 e. The summed E-state index contributed by atoms with van der Waals surface area (Å²) in [5.41, 5.74) is 0.299. The number of carbonyl (C=O) groups is 2. The van der Waals surface area contributed by atoms with Crippen LogP contribution in [0.25, 0.3) is 0 Å². The normalized spacial score (nSPS) is 19.4. The molecule has 1 aliphatic heterocycles. The maximum absolute atomic E-state index is 13.2. The molecule has 32 heavy (non-hydrogen) atoms. The van der Waals surface area contributed by atoms with Gasteiger partial charge in [0, 0.05) is 18.7 Å². The van der Waals surface area contributed by atoms with E-state index in [1.807, 2.05) is 0 Å². The number of carbonyl (C=O) groups excluding carboxylic acids is 2. The van der Waals surface area contributed by atoms with Gasteiger partial charge in [0.2, 0.25) is 10.0 Å². The van der Waals surface area contributed by atoms with Crippen molar-refractivity contribution in [2.24, 2.45) is 0 Å². The maximum atomic E-state index is 13.2. The van der Waals surface area contributed by atoms with Crippen molar-refractivity contribution in [3.05, 3.63) is 58.6 Å². The van der Waals surface area contributed by atoms with Crippen LogP contribution < -0.4 is 4.74 Å². The van der Waals surface area contributed by atoms with Crippen LogP contribution in [0.15, 0.2) is 47.4 Å². The smallest absolute Gasteiger partial charge is 0.338 e. The predicted molar refractivity (Wildman–Crippen MR) is 118 cm³/mol. The Kier molecular flexibility index (Phi) is 7.55. The number of ketones is 1. The van der Waals surface area contributed by atoms with E-state index in [9.17, 15) is 18.0 Å². The molecule has 0 saturated carbocycles. The summed E-state index contributed by atoms with van der Waals surface area (Å²) in [4.78, 5) is 24.6. The summed E-state index contributed by atoms with van der Waals surface area (Å²) in [6, 6.07) is 10.3. The van der Waals surface area contributed by atoms with Crippen LogP contribution in [-0.2, 0) is 19.5 Å². The minimum atomic E-state index is -3.96. The van der Waals surface area contributed by atoms with Gasteiger partial charge < -0.3 is 14.2 Å². The Bertz CT molecular complexity index is 1110. The van der Waals surface area contributed by atoms with E-state index in [0.717, 1.165) is 0 Å². The number of nitrogens with zero attached hydrogens (tertiary/aromatic N) is 1. The molecule has 0 amide bonds. The van der Waals surface area contributed by atoms with Gasteiger partial charge in [-0.1, -0.05) is 23.7 Å². The summed E-state index contributed by atoms with van der Waals surface area (Å²) >= 11 is 6.16. The lowest BCUT2D eigenvalue weighted by Crippen LogP contribution is -2.48. The summed E-state index contributed by atoms with van der Waals surface area (Å²) in [5, 5.41) is -0.0131. The molecule has 2 aromatic rings. The second-order valence-electron chi connectivity index (χ2n) is 7.46. The van der Waals surface area contributed by atoms with Crippen LogP contribution in [0, 0.1) is 0 Å². The molecule has 1 fully saturated rings. The fourth-order valence-electron chi connectivity index (χ4n) is 3.39. The van der Waals surface area contributed by atoms with Crippen LogP contribution in [-0.4, -0.2) is 63.5 Å². The number of sulfonamides is 1. The van der Waals surface area contributed by atoms with E-state index in [0.29, 0.717) is 11.3 Å². The third-order valence-corrected chi connectivity index (χ3v) is 7.21. The van der Waals surface area contributed by atoms with Gasteiger partial charge in [0.25, 0.3) is 0 Å². The maximum Gasteiger partial charge on any atom is 0.338 e. The fourth-order valence-corrected chi connectivity index (χ4v) is 5.48. The molecule has 2 atom stereocenters. The Labute approximate surface area is 192 Å². The summed E-state index contributed by atoms with van der Waals surface area (Å²) < 4.78 is 43.4. The zero-order valence-corrected chi connectivity index (χ0v) is 19.5. The van der Waals surface area contributed by atoms with E-state index in [1.54, 1.807) is 32.0 Å². The zero-order chi connectivity index (χ0) is 23.5. The number of hydrogen-bond acceptors (Lipinski definition) is 7. The third kappa shape index (κ3) is 5.47. The van der Waals surface area contributed by atoms with Crippen molar-refractivity contribution in [2.75, 3.05) is 26.8 Å². The molecule has 1 heterocycles. The van der Waals surface area contributed by atoms with E-state index in [2.05, 4.69) is 0 Å². The van der Waals surface area contributed by atoms with Crippen molar-refractivity contribution in [2.45, 2.75) is 31.0 Å². The number of hydrogen-bond donors (Lipinski definition) is 0. The molecule has 8 nitrogen and oxygen atoms in total. The summed E-state index contributed by atoms with van der Waals surface area (Å²) in [5.74, 6) is -0.755. The number of ether oxygens (including phenoxy) is 3. The van der Waals surface area contributed by atoms with E-state index >= 15 is 0 Å². The molecule has 1 saturated heterocycles. The molecule has 0 radical (unpaired) electrons. The van der Waals surface area contributed by atoms with Crippen LogP contribution in [0.3, 0.4) is 0 Å². The topological polar surface area (TPSA) is 99.2 Å². The lowest BCUT2D eigenvalue weighted by atomic mass is 10.1. The largest absolute Gasteiger partial charge is 0.497 e. The standard InChI is InChI=1S/C22H24ClNO7S/c1-14-11-24(12-15(2)31-14)32(27,28)21-10-17(7-8-19(21)23)22(26)30-13-20(25)16-5-4-6-18(9-16)29-3/h4-10,14-15H,11-13H2,1-3H3. The molecule has 1 aliphatic rings. The second kappa shape index (κ2) is 9.99. The van der Waals surface area contributed by atoms with Crippen molar-refractivity contribution < 1.29 is 32.2 Å². The first kappa shape index (κ1) is 24.2. The Morgan fingerprint density at radius 3 is 2.44 bits per heavy atom. The van der Waals surface area contributed by atoms with Gasteiger partial charge >= 0.3 is 5.97 Å². The molecule has 10 heteroatoms. The number of methoxy groups -OCH3 is 1. The summed E-state index contributed by atoms with van der Waals surface area (Å²) in [7, 11) is -2.48. The van der Waals surface area contributed by atoms with Crippen molar-refractivity contribution in [1.29, 1.82) is 0 Å². The lowest BCUT2D eigenvalue weighted by molar-refractivity contribution is -0.0440. The van der Waals surface area contributed by atoms with E-state index in [1.165, 1.54) is 35.7 Å². The average Bonchev–Trinajstić information content (AvgIpc) is 2.76.